The fourth-order valence-corrected chi connectivity index (χ4v) is 3.76. The second-order valence-electron chi connectivity index (χ2n) is 6.32. The third kappa shape index (κ3) is 4.19. The van der Waals surface area contributed by atoms with E-state index in [1.807, 2.05) is 0 Å². The van der Waals surface area contributed by atoms with Crippen LogP contribution in [0.1, 0.15) is 41.7 Å². The van der Waals surface area contributed by atoms with Crippen LogP contribution in [0.5, 0.6) is 0 Å². The van der Waals surface area contributed by atoms with Gasteiger partial charge in [0.2, 0.25) is 5.91 Å². The summed E-state index contributed by atoms with van der Waals surface area (Å²) in [6.45, 7) is 0. The molecule has 25 heavy (non-hydrogen) atoms. The number of hydrogen-bond donors (Lipinski definition) is 2. The molecule has 134 valence electrons. The largest absolute Gasteiger partial charge is 0.416 e. The molecule has 1 aromatic heterocycles. The Morgan fingerprint density at radius 2 is 1.88 bits per heavy atom. The third-order valence-corrected chi connectivity index (χ3v) is 5.29. The quantitative estimate of drug-likeness (QED) is 0.857. The van der Waals surface area contributed by atoms with Crippen molar-refractivity contribution in [3.63, 3.8) is 0 Å². The van der Waals surface area contributed by atoms with E-state index in [-0.39, 0.29) is 5.91 Å². The molecule has 0 saturated heterocycles. The molecule has 1 fully saturated rings. The molecule has 8 heteroatoms. The standard InChI is InChI=1S/C17H18F3N3OS/c18-17(19,20)12-5-3-11(4-6-12)9-13-10-22-15(25-13)23-14(24)16(21)7-1-2-8-16/h3-6,10H,1-2,7-9,21H2,(H,22,23,24). The number of nitrogens with one attached hydrogen (secondary N) is 1. The fraction of sp³-hybridized carbons (Fsp3) is 0.412. The number of hydrogen-bond acceptors (Lipinski definition) is 4. The van der Waals surface area contributed by atoms with E-state index in [9.17, 15) is 18.0 Å². The van der Waals surface area contributed by atoms with Crippen LogP contribution in [0.25, 0.3) is 0 Å². The van der Waals surface area contributed by atoms with Crippen molar-refractivity contribution in [2.75, 3.05) is 5.32 Å². The maximum atomic E-state index is 12.6. The zero-order valence-corrected chi connectivity index (χ0v) is 14.2. The molecule has 0 aliphatic heterocycles. The molecule has 1 saturated carbocycles. The van der Waals surface area contributed by atoms with Crippen LogP contribution in [-0.4, -0.2) is 16.4 Å². The number of nitrogens with two attached hydrogens (primary N) is 1. The second-order valence-corrected chi connectivity index (χ2v) is 7.44. The minimum Gasteiger partial charge on any atom is -0.317 e. The SMILES string of the molecule is NC1(C(=O)Nc2ncc(Cc3ccc(C(F)(F)F)cc3)s2)CCCC1. The van der Waals surface area contributed by atoms with Crippen molar-refractivity contribution in [2.24, 2.45) is 5.73 Å². The lowest BCUT2D eigenvalue weighted by molar-refractivity contribution is -0.137. The summed E-state index contributed by atoms with van der Waals surface area (Å²) in [6, 6.07) is 5.04. The number of nitrogens with zero attached hydrogens (tertiary/aromatic N) is 1. The van der Waals surface area contributed by atoms with Gasteiger partial charge in [0.25, 0.3) is 0 Å². The maximum absolute atomic E-state index is 12.6. The van der Waals surface area contributed by atoms with Crippen molar-refractivity contribution in [2.45, 2.75) is 43.8 Å². The van der Waals surface area contributed by atoms with Gasteiger partial charge in [-0.15, -0.1) is 11.3 Å². The van der Waals surface area contributed by atoms with E-state index in [0.29, 0.717) is 24.4 Å². The van der Waals surface area contributed by atoms with Gasteiger partial charge in [-0.1, -0.05) is 25.0 Å². The number of halogens is 3. The average Bonchev–Trinajstić information content (AvgIpc) is 3.17. The lowest BCUT2D eigenvalue weighted by Crippen LogP contribution is -2.48. The van der Waals surface area contributed by atoms with Crippen LogP contribution in [0.15, 0.2) is 30.5 Å². The molecule has 1 aliphatic carbocycles. The summed E-state index contributed by atoms with van der Waals surface area (Å²) < 4.78 is 37.7. The van der Waals surface area contributed by atoms with E-state index in [2.05, 4.69) is 10.3 Å². The number of carbonyl (C=O) groups excluding carboxylic acids is 1. The van der Waals surface area contributed by atoms with Crippen LogP contribution in [-0.2, 0) is 17.4 Å². The number of anilines is 1. The molecule has 0 bridgehead atoms. The number of amides is 1. The minimum atomic E-state index is -4.33. The molecule has 0 atom stereocenters. The zero-order valence-electron chi connectivity index (χ0n) is 13.4. The van der Waals surface area contributed by atoms with E-state index < -0.39 is 17.3 Å². The van der Waals surface area contributed by atoms with Gasteiger partial charge in [0.15, 0.2) is 5.13 Å². The molecule has 1 aromatic carbocycles. The summed E-state index contributed by atoms with van der Waals surface area (Å²) in [5, 5.41) is 3.22. The van der Waals surface area contributed by atoms with Crippen LogP contribution in [0, 0.1) is 0 Å². The highest BCUT2D eigenvalue weighted by atomic mass is 32.1. The van der Waals surface area contributed by atoms with Crippen LogP contribution in [0.3, 0.4) is 0 Å². The van der Waals surface area contributed by atoms with Gasteiger partial charge >= 0.3 is 6.18 Å². The number of carbonyl (C=O) groups is 1. The smallest absolute Gasteiger partial charge is 0.317 e. The Labute approximate surface area is 147 Å². The van der Waals surface area contributed by atoms with E-state index in [1.54, 1.807) is 6.20 Å². The van der Waals surface area contributed by atoms with Gasteiger partial charge in [-0.25, -0.2) is 4.98 Å². The first-order valence-corrected chi connectivity index (χ1v) is 8.79. The Morgan fingerprint density at radius 1 is 1.24 bits per heavy atom. The molecular weight excluding hydrogens is 351 g/mol. The monoisotopic (exact) mass is 369 g/mol. The summed E-state index contributed by atoms with van der Waals surface area (Å²) in [6.07, 6.45) is 0.973. The van der Waals surface area contributed by atoms with Gasteiger partial charge in [0.05, 0.1) is 11.1 Å². The lowest BCUT2D eigenvalue weighted by atomic mass is 9.98. The van der Waals surface area contributed by atoms with Crippen LogP contribution in [0.2, 0.25) is 0 Å². The van der Waals surface area contributed by atoms with E-state index >= 15 is 0 Å². The molecule has 4 nitrogen and oxygen atoms in total. The van der Waals surface area contributed by atoms with Crippen molar-refractivity contribution in [3.05, 3.63) is 46.5 Å². The first-order chi connectivity index (χ1) is 11.8. The molecule has 1 heterocycles. The van der Waals surface area contributed by atoms with Crippen LogP contribution >= 0.6 is 11.3 Å². The highest BCUT2D eigenvalue weighted by molar-refractivity contribution is 7.15. The topological polar surface area (TPSA) is 68.0 Å². The summed E-state index contributed by atoms with van der Waals surface area (Å²) >= 11 is 1.30. The van der Waals surface area contributed by atoms with Gasteiger partial charge < -0.3 is 11.1 Å². The van der Waals surface area contributed by atoms with Crippen molar-refractivity contribution in [3.8, 4) is 0 Å². The Kier molecular flexibility index (Phi) is 4.83. The van der Waals surface area contributed by atoms with Gasteiger partial charge in [-0.2, -0.15) is 13.2 Å². The zero-order chi connectivity index (χ0) is 18.1. The Balaban J connectivity index is 1.63. The third-order valence-electron chi connectivity index (χ3n) is 4.38. The van der Waals surface area contributed by atoms with E-state index in [1.165, 1.54) is 23.5 Å². The molecule has 0 unspecified atom stereocenters. The summed E-state index contributed by atoms with van der Waals surface area (Å²) in [5.41, 5.74) is 5.37. The number of alkyl halides is 3. The fourth-order valence-electron chi connectivity index (χ4n) is 2.91. The van der Waals surface area contributed by atoms with Crippen molar-refractivity contribution in [1.82, 2.24) is 4.98 Å². The predicted molar refractivity (Wildman–Crippen MR) is 90.4 cm³/mol. The number of rotatable bonds is 4. The number of thiazole rings is 1. The first-order valence-electron chi connectivity index (χ1n) is 7.97. The molecule has 3 N–H and O–H groups in total. The van der Waals surface area contributed by atoms with Crippen molar-refractivity contribution in [1.29, 1.82) is 0 Å². The maximum Gasteiger partial charge on any atom is 0.416 e. The highest BCUT2D eigenvalue weighted by Gasteiger charge is 2.37. The summed E-state index contributed by atoms with van der Waals surface area (Å²) in [7, 11) is 0. The van der Waals surface area contributed by atoms with E-state index in [4.69, 9.17) is 5.73 Å². The van der Waals surface area contributed by atoms with Crippen molar-refractivity contribution >= 4 is 22.4 Å². The lowest BCUT2D eigenvalue weighted by Gasteiger charge is -2.21. The van der Waals surface area contributed by atoms with Crippen molar-refractivity contribution < 1.29 is 18.0 Å². The van der Waals surface area contributed by atoms with E-state index in [0.717, 1.165) is 35.4 Å². The van der Waals surface area contributed by atoms with Gasteiger partial charge in [0.1, 0.15) is 0 Å². The van der Waals surface area contributed by atoms with Gasteiger partial charge in [-0.05, 0) is 30.5 Å². The molecule has 1 amide bonds. The number of benzene rings is 1. The highest BCUT2D eigenvalue weighted by Crippen LogP contribution is 2.31. The van der Waals surface area contributed by atoms with Crippen LogP contribution in [0.4, 0.5) is 18.3 Å². The molecular formula is C17H18F3N3OS. The Morgan fingerprint density at radius 3 is 2.48 bits per heavy atom. The Hall–Kier alpha value is -1.93. The molecule has 0 radical (unpaired) electrons. The molecule has 3 rings (SSSR count). The Bertz CT molecular complexity index is 749. The number of aromatic nitrogens is 1. The first kappa shape index (κ1) is 17.9. The van der Waals surface area contributed by atoms with Gasteiger partial charge in [0, 0.05) is 17.5 Å². The predicted octanol–water partition coefficient (Wildman–Crippen LogP) is 3.96. The average molecular weight is 369 g/mol. The molecule has 0 spiro atoms. The molecule has 1 aliphatic rings. The summed E-state index contributed by atoms with van der Waals surface area (Å²) in [5.74, 6) is -0.222. The molecule has 2 aromatic rings. The normalized spacial score (nSPS) is 16.8. The minimum absolute atomic E-state index is 0.222. The van der Waals surface area contributed by atoms with Gasteiger partial charge in [-0.3, -0.25) is 4.79 Å². The second kappa shape index (κ2) is 6.76. The summed E-state index contributed by atoms with van der Waals surface area (Å²) in [4.78, 5) is 17.3. The van der Waals surface area contributed by atoms with Crippen LogP contribution < -0.4 is 11.1 Å².